The molecule has 1 saturated carbocycles. The number of Topliss-reactive ketones (excluding diaryl/α,β-unsaturated/α-hetero) is 2. The fraction of sp³-hybridized carbons (Fsp3) is 0.317. The van der Waals surface area contributed by atoms with E-state index < -0.39 is 110 Å². The number of aromatic carboxylic acids is 1. The molecule has 21 heteroatoms. The van der Waals surface area contributed by atoms with Crippen LogP contribution in [0.1, 0.15) is 38.8 Å². The number of nitrogens with zero attached hydrogens (tertiary/aromatic N) is 4. The predicted octanol–water partition coefficient (Wildman–Crippen LogP) is 2.16. The summed E-state index contributed by atoms with van der Waals surface area (Å²) >= 11 is 6.17. The number of phenols is 1. The fourth-order valence-electron chi connectivity index (χ4n) is 9.44. The molecule has 3 heterocycles. The van der Waals surface area contributed by atoms with Gasteiger partial charge >= 0.3 is 5.97 Å². The molecule has 1 aliphatic heterocycles. The summed E-state index contributed by atoms with van der Waals surface area (Å²) in [4.78, 5) is 69.8. The minimum atomic E-state index is -2.77. The van der Waals surface area contributed by atoms with Crippen molar-refractivity contribution in [2.45, 2.75) is 30.2 Å². The first-order valence-corrected chi connectivity index (χ1v) is 19.3. The number of fused-ring (bicyclic) bond motifs is 5. The number of rotatable bonds is 5. The summed E-state index contributed by atoms with van der Waals surface area (Å²) in [5, 5.41) is 63.5. The highest BCUT2D eigenvalue weighted by Gasteiger charge is 2.64. The van der Waals surface area contributed by atoms with Gasteiger partial charge in [-0.15, -0.1) is 0 Å². The number of aliphatic hydroxyl groups excluding tert-OH is 3. The van der Waals surface area contributed by atoms with Crippen LogP contribution in [0.2, 0.25) is 5.02 Å². The number of ketones is 2. The zero-order valence-corrected chi connectivity index (χ0v) is 33.1. The molecule has 4 aliphatic carbocycles. The van der Waals surface area contributed by atoms with Gasteiger partial charge in [-0.1, -0.05) is 11.6 Å². The number of carbonyl (C=O) groups excluding carboxylic acids is 3. The summed E-state index contributed by atoms with van der Waals surface area (Å²) in [7, 11) is 3.03. The Bertz CT molecular complexity index is 2820. The molecule has 8 atom stereocenters. The maximum absolute atomic E-state index is 14.8. The molecule has 324 valence electrons. The first kappa shape index (κ1) is 42.4. The van der Waals surface area contributed by atoms with Gasteiger partial charge in [0.25, 0.3) is 5.91 Å². The van der Waals surface area contributed by atoms with E-state index in [4.69, 9.17) is 23.1 Å². The highest BCUT2D eigenvalue weighted by molar-refractivity contribution is 6.33. The molecule has 1 amide bonds. The van der Waals surface area contributed by atoms with Crippen molar-refractivity contribution in [2.75, 3.05) is 32.1 Å². The first-order valence-electron chi connectivity index (χ1n) is 18.9. The molecule has 62 heavy (non-hydrogen) atoms. The summed E-state index contributed by atoms with van der Waals surface area (Å²) in [5.41, 5.74) is 4.68. The number of primary amides is 1. The largest absolute Gasteiger partial charge is 0.510 e. The van der Waals surface area contributed by atoms with Crippen molar-refractivity contribution in [3.05, 3.63) is 115 Å². The van der Waals surface area contributed by atoms with Crippen molar-refractivity contribution in [1.82, 2.24) is 14.5 Å². The molecule has 5 aliphatic rings. The van der Waals surface area contributed by atoms with Gasteiger partial charge < -0.3 is 47.0 Å². The topological polar surface area (TPSA) is 283 Å². The number of benzene rings is 2. The van der Waals surface area contributed by atoms with Crippen LogP contribution in [-0.2, 0) is 9.59 Å². The lowest BCUT2D eigenvalue weighted by Crippen LogP contribution is -2.64. The molecule has 4 aromatic rings. The highest BCUT2D eigenvalue weighted by atomic mass is 35.5. The number of piperidine rings is 1. The standard InChI is InChI=1S/C21H21ClN2O8.C20H15F3N4O3/c1-24(2)14-7-5-6-10(16(27)12-9(25)4-3-8(22)11(12)15(6)26)18(29)21(7,32)19(30)13(17(14)28)20(23)31;21-8-1-2-15(13(22)3-8)27-7-12(20(29)30)17(28)9-4-14(23)19(25-18(9)27)26-5-10-11(6-26)16(10)24/h3-4,6-7,14-15,25-26,28-29,32H,5H2,1-2H3,(H2,23,31);1-4,7,10-11,16H,5-6,24H2,(H,29,30)/t6-,7-,14-,15-,21-;10-,11+,16+/m0./s1. The number of carboxylic acids is 1. The number of anilines is 1. The predicted molar refractivity (Wildman–Crippen MR) is 211 cm³/mol. The second-order valence-corrected chi connectivity index (χ2v) is 16.5. The Morgan fingerprint density at radius 2 is 1.66 bits per heavy atom. The lowest BCUT2D eigenvalue weighted by Gasteiger charge is -2.50. The monoisotopic (exact) mass is 880 g/mol. The van der Waals surface area contributed by atoms with E-state index in [1.807, 2.05) is 0 Å². The van der Waals surface area contributed by atoms with Crippen molar-refractivity contribution in [3.63, 3.8) is 0 Å². The molecule has 0 bridgehead atoms. The van der Waals surface area contributed by atoms with Gasteiger partial charge in [-0.3, -0.25) is 28.6 Å². The van der Waals surface area contributed by atoms with E-state index in [9.17, 15) is 67.8 Å². The number of halogens is 4. The number of phenolic OH excluding ortho intramolecular Hbond substituents is 1. The number of likely N-dealkylation sites (N-methyl/N-ethyl adjacent to an activating group) is 1. The number of aliphatic hydroxyl groups is 4. The second-order valence-electron chi connectivity index (χ2n) is 16.1. The molecule has 1 saturated heterocycles. The normalized spacial score (nSPS) is 27.4. The Morgan fingerprint density at radius 1 is 1.00 bits per heavy atom. The second kappa shape index (κ2) is 14.7. The van der Waals surface area contributed by atoms with Gasteiger partial charge in [-0.05, 0) is 62.7 Å². The minimum Gasteiger partial charge on any atom is -0.510 e. The maximum Gasteiger partial charge on any atom is 0.341 e. The van der Waals surface area contributed by atoms with Crippen LogP contribution in [0.3, 0.4) is 0 Å². The summed E-state index contributed by atoms with van der Waals surface area (Å²) in [6, 6.07) is 5.00. The molecular formula is C41H36ClF3N6O11. The highest BCUT2D eigenvalue weighted by Crippen LogP contribution is 2.56. The number of nitrogens with two attached hydrogens (primary N) is 2. The van der Waals surface area contributed by atoms with E-state index in [1.54, 1.807) is 4.90 Å². The Morgan fingerprint density at radius 3 is 2.26 bits per heavy atom. The maximum atomic E-state index is 14.8. The van der Waals surface area contributed by atoms with Crippen molar-refractivity contribution in [1.29, 1.82) is 0 Å². The van der Waals surface area contributed by atoms with Crippen LogP contribution in [0.15, 0.2) is 70.1 Å². The van der Waals surface area contributed by atoms with E-state index in [2.05, 4.69) is 4.98 Å². The van der Waals surface area contributed by atoms with Crippen molar-refractivity contribution < 1.29 is 63.0 Å². The van der Waals surface area contributed by atoms with Crippen LogP contribution >= 0.6 is 11.6 Å². The third kappa shape index (κ3) is 6.15. The zero-order chi connectivity index (χ0) is 45.2. The van der Waals surface area contributed by atoms with Crippen LogP contribution in [0, 0.1) is 41.1 Å². The summed E-state index contributed by atoms with van der Waals surface area (Å²) in [6.07, 6.45) is -0.792. The minimum absolute atomic E-state index is 0.0145. The third-order valence-corrected chi connectivity index (χ3v) is 12.8. The molecule has 0 spiro atoms. The average molecular weight is 881 g/mol. The number of carboxylic acid groups (broad SMARTS) is 1. The Labute approximate surface area is 352 Å². The van der Waals surface area contributed by atoms with E-state index in [-0.39, 0.29) is 63.0 Å². The van der Waals surface area contributed by atoms with Gasteiger partial charge in [-0.2, -0.15) is 0 Å². The van der Waals surface area contributed by atoms with Crippen LogP contribution in [-0.4, -0.2) is 113 Å². The van der Waals surface area contributed by atoms with Crippen LogP contribution < -0.4 is 21.8 Å². The first-order chi connectivity index (χ1) is 29.1. The zero-order valence-electron chi connectivity index (χ0n) is 32.4. The molecule has 0 radical (unpaired) electrons. The van der Waals surface area contributed by atoms with Crippen LogP contribution in [0.4, 0.5) is 19.0 Å². The summed E-state index contributed by atoms with van der Waals surface area (Å²) in [6.45, 7) is 1.01. The summed E-state index contributed by atoms with van der Waals surface area (Å²) < 4.78 is 43.7. The van der Waals surface area contributed by atoms with Gasteiger partial charge in [0, 0.05) is 59.4 Å². The van der Waals surface area contributed by atoms with E-state index in [0.29, 0.717) is 19.2 Å². The van der Waals surface area contributed by atoms with Gasteiger partial charge in [0.2, 0.25) is 11.2 Å². The number of carbonyl (C=O) groups is 4. The van der Waals surface area contributed by atoms with Gasteiger partial charge in [0.15, 0.2) is 28.7 Å². The number of hydrogen-bond donors (Lipinski definition) is 8. The Balaban J connectivity index is 0.000000171. The van der Waals surface area contributed by atoms with E-state index >= 15 is 0 Å². The SMILES string of the molecule is CN(C)[C@@H]1C(O)=C(C(N)=O)C(=O)[C@@]2(O)C(O)=C3C(=O)c4c(O)ccc(Cl)c4[C@@H](O)[C@H]3C[C@@H]12.N[C@@H]1[C@H]2CN(c3nc4c(cc3F)c(=O)c(C(=O)O)cn4-c3ccc(F)cc3F)C[C@@H]12. The number of amides is 1. The van der Waals surface area contributed by atoms with Crippen LogP contribution in [0.5, 0.6) is 5.75 Å². The molecule has 10 N–H and O–H groups in total. The van der Waals surface area contributed by atoms with Crippen molar-refractivity contribution in [2.24, 2.45) is 35.1 Å². The Kier molecular flexibility index (Phi) is 10.0. The molecule has 2 aromatic heterocycles. The van der Waals surface area contributed by atoms with Gasteiger partial charge in [0.05, 0.1) is 28.8 Å². The van der Waals surface area contributed by atoms with Gasteiger partial charge in [0.1, 0.15) is 40.0 Å². The number of aromatic nitrogens is 2. The Hall–Kier alpha value is -6.32. The average Bonchev–Trinajstić information content (AvgIpc) is 3.55. The van der Waals surface area contributed by atoms with Crippen molar-refractivity contribution >= 4 is 51.9 Å². The van der Waals surface area contributed by atoms with Crippen LogP contribution in [0.25, 0.3) is 16.7 Å². The quantitative estimate of drug-likeness (QED) is 0.133. The lowest BCUT2D eigenvalue weighted by atomic mass is 9.58. The number of hydrogen-bond acceptors (Lipinski definition) is 14. The smallest absolute Gasteiger partial charge is 0.341 e. The van der Waals surface area contributed by atoms with E-state index in [1.165, 1.54) is 25.1 Å². The lowest BCUT2D eigenvalue weighted by molar-refractivity contribution is -0.149. The number of pyridine rings is 2. The molecule has 0 unspecified atom stereocenters. The molecule has 9 rings (SSSR count). The molecule has 2 fully saturated rings. The third-order valence-electron chi connectivity index (χ3n) is 12.5. The van der Waals surface area contributed by atoms with E-state index in [0.717, 1.165) is 35.0 Å². The number of aromatic hydroxyl groups is 1. The van der Waals surface area contributed by atoms with Crippen molar-refractivity contribution in [3.8, 4) is 11.4 Å². The fourth-order valence-corrected chi connectivity index (χ4v) is 9.71. The molecular weight excluding hydrogens is 845 g/mol. The van der Waals surface area contributed by atoms with Gasteiger partial charge in [-0.25, -0.2) is 22.9 Å². The molecule has 2 aromatic carbocycles. The molecule has 17 nitrogen and oxygen atoms in total. The summed E-state index contributed by atoms with van der Waals surface area (Å²) in [5.74, 6) is -11.9.